The van der Waals surface area contributed by atoms with Crippen molar-refractivity contribution in [2.75, 3.05) is 11.5 Å². The summed E-state index contributed by atoms with van der Waals surface area (Å²) in [7, 11) is 0. The third kappa shape index (κ3) is 2.60. The molecular weight excluding hydrogens is 346 g/mol. The van der Waals surface area contributed by atoms with Crippen molar-refractivity contribution in [3.05, 3.63) is 77.0 Å². The summed E-state index contributed by atoms with van der Waals surface area (Å²) in [5, 5.41) is 14.6. The fourth-order valence-electron chi connectivity index (χ4n) is 4.58. The SMILES string of the molecule is CC1(C)c2c(-c3ccc(N)cc3)ccc(-c3ccc(N)cc3)c2C(C)(C)N1[O-]. The lowest BCUT2D eigenvalue weighted by atomic mass is 9.80. The molecule has 4 rings (SSSR count). The Morgan fingerprint density at radius 2 is 0.929 bits per heavy atom. The molecule has 0 amide bonds. The predicted octanol–water partition coefficient (Wildman–Crippen LogP) is 5.47. The van der Waals surface area contributed by atoms with Gasteiger partial charge in [0.05, 0.1) is 0 Å². The molecule has 0 fully saturated rings. The molecule has 1 heterocycles. The lowest BCUT2D eigenvalue weighted by Gasteiger charge is -2.47. The van der Waals surface area contributed by atoms with E-state index in [9.17, 15) is 5.21 Å². The van der Waals surface area contributed by atoms with E-state index in [-0.39, 0.29) is 0 Å². The molecule has 3 aromatic carbocycles. The van der Waals surface area contributed by atoms with E-state index >= 15 is 0 Å². The van der Waals surface area contributed by atoms with Crippen molar-refractivity contribution in [1.29, 1.82) is 0 Å². The van der Waals surface area contributed by atoms with Gasteiger partial charge in [-0.25, -0.2) is 0 Å². The molecular formula is C24H26N3O-. The van der Waals surface area contributed by atoms with Crippen molar-refractivity contribution in [3.8, 4) is 22.3 Å². The van der Waals surface area contributed by atoms with Crippen molar-refractivity contribution >= 4 is 11.4 Å². The average Bonchev–Trinajstić information content (AvgIpc) is 2.81. The summed E-state index contributed by atoms with van der Waals surface area (Å²) < 4.78 is 0. The monoisotopic (exact) mass is 372 g/mol. The van der Waals surface area contributed by atoms with Crippen molar-refractivity contribution < 1.29 is 0 Å². The number of hydroxylamine groups is 2. The average molecular weight is 372 g/mol. The van der Waals surface area contributed by atoms with Gasteiger partial charge in [0.2, 0.25) is 0 Å². The lowest BCUT2D eigenvalue weighted by molar-refractivity contribution is 0.101. The Kier molecular flexibility index (Phi) is 4.03. The molecule has 144 valence electrons. The number of nitrogens with zero attached hydrogens (tertiary/aromatic N) is 1. The van der Waals surface area contributed by atoms with Gasteiger partial charge in [-0.15, -0.1) is 0 Å². The van der Waals surface area contributed by atoms with Gasteiger partial charge in [-0.2, -0.15) is 0 Å². The molecule has 0 bridgehead atoms. The number of fused-ring (bicyclic) bond motifs is 1. The minimum absolute atomic E-state index is 0.653. The van der Waals surface area contributed by atoms with Crippen LogP contribution in [0.25, 0.3) is 22.3 Å². The van der Waals surface area contributed by atoms with E-state index in [1.165, 1.54) is 5.06 Å². The second-order valence-corrected chi connectivity index (χ2v) is 8.57. The van der Waals surface area contributed by atoms with Crippen LogP contribution in [0.1, 0.15) is 38.8 Å². The van der Waals surface area contributed by atoms with Crippen molar-refractivity contribution in [1.82, 2.24) is 5.06 Å². The fourth-order valence-corrected chi connectivity index (χ4v) is 4.58. The Morgan fingerprint density at radius 1 is 0.607 bits per heavy atom. The molecule has 4 N–H and O–H groups in total. The van der Waals surface area contributed by atoms with E-state index < -0.39 is 11.1 Å². The number of benzene rings is 3. The number of rotatable bonds is 2. The van der Waals surface area contributed by atoms with Crippen LogP contribution in [-0.2, 0) is 11.1 Å². The molecule has 0 saturated carbocycles. The van der Waals surface area contributed by atoms with Gasteiger partial charge in [0, 0.05) is 22.5 Å². The number of nitrogen functional groups attached to an aromatic ring is 2. The van der Waals surface area contributed by atoms with E-state index in [0.717, 1.165) is 44.8 Å². The van der Waals surface area contributed by atoms with Gasteiger partial charge in [-0.3, -0.25) is 0 Å². The third-order valence-electron chi connectivity index (χ3n) is 5.89. The zero-order valence-electron chi connectivity index (χ0n) is 16.8. The molecule has 1 aliphatic rings. The van der Waals surface area contributed by atoms with Gasteiger partial charge >= 0.3 is 0 Å². The topological polar surface area (TPSA) is 78.3 Å². The standard InChI is InChI=1S/C24H26N3O/c1-23(2)21-19(15-5-9-17(25)10-6-15)13-14-20(16-7-11-18(26)12-8-16)22(21)24(3,4)27(23)28/h5-14H,25-26H2,1-4H3/q-1. The van der Waals surface area contributed by atoms with Crippen LogP contribution < -0.4 is 11.5 Å². The first-order valence-corrected chi connectivity index (χ1v) is 9.51. The number of hydrogen-bond donors (Lipinski definition) is 2. The van der Waals surface area contributed by atoms with Gasteiger partial charge < -0.3 is 21.7 Å². The minimum Gasteiger partial charge on any atom is -0.784 e. The molecule has 0 radical (unpaired) electrons. The molecule has 0 unspecified atom stereocenters. The third-order valence-corrected chi connectivity index (χ3v) is 5.89. The van der Waals surface area contributed by atoms with Gasteiger partial charge in [-0.1, -0.05) is 36.4 Å². The first-order valence-electron chi connectivity index (χ1n) is 9.51. The second-order valence-electron chi connectivity index (χ2n) is 8.57. The summed E-state index contributed by atoms with van der Waals surface area (Å²) >= 11 is 0. The van der Waals surface area contributed by atoms with Crippen LogP contribution in [0.15, 0.2) is 60.7 Å². The van der Waals surface area contributed by atoms with Crippen LogP contribution in [0.2, 0.25) is 0 Å². The van der Waals surface area contributed by atoms with E-state index in [4.69, 9.17) is 11.5 Å². The van der Waals surface area contributed by atoms with E-state index in [2.05, 4.69) is 12.1 Å². The molecule has 4 nitrogen and oxygen atoms in total. The normalized spacial score (nSPS) is 17.5. The Balaban J connectivity index is 2.05. The van der Waals surface area contributed by atoms with Crippen LogP contribution in [-0.4, -0.2) is 5.06 Å². The zero-order valence-corrected chi connectivity index (χ0v) is 16.8. The highest BCUT2D eigenvalue weighted by Gasteiger charge is 2.46. The van der Waals surface area contributed by atoms with Crippen LogP contribution in [0.5, 0.6) is 0 Å². The summed E-state index contributed by atoms with van der Waals surface area (Å²) in [4.78, 5) is 0. The largest absolute Gasteiger partial charge is 0.784 e. The second kappa shape index (κ2) is 6.09. The summed E-state index contributed by atoms with van der Waals surface area (Å²) in [5.41, 5.74) is 18.3. The van der Waals surface area contributed by atoms with Gasteiger partial charge in [0.15, 0.2) is 0 Å². The maximum atomic E-state index is 13.4. The summed E-state index contributed by atoms with van der Waals surface area (Å²) in [6, 6.07) is 19.9. The minimum atomic E-state index is -0.653. The fraction of sp³-hybridized carbons (Fsp3) is 0.250. The quantitative estimate of drug-likeness (QED) is 0.585. The Morgan fingerprint density at radius 3 is 1.25 bits per heavy atom. The molecule has 4 heteroatoms. The summed E-state index contributed by atoms with van der Waals surface area (Å²) in [5.74, 6) is 0. The molecule has 3 aromatic rings. The first-order chi connectivity index (χ1) is 13.1. The van der Waals surface area contributed by atoms with Crippen LogP contribution in [0.4, 0.5) is 11.4 Å². The lowest BCUT2D eigenvalue weighted by Crippen LogP contribution is -2.40. The van der Waals surface area contributed by atoms with E-state index in [0.29, 0.717) is 0 Å². The maximum Gasteiger partial charge on any atom is 0.0314 e. The Bertz CT molecular complexity index is 950. The Hall–Kier alpha value is -2.82. The highest BCUT2D eigenvalue weighted by molar-refractivity contribution is 5.81. The Labute approximate surface area is 166 Å². The van der Waals surface area contributed by atoms with Gasteiger partial charge in [0.1, 0.15) is 0 Å². The molecule has 0 spiro atoms. The number of anilines is 2. The maximum absolute atomic E-state index is 13.4. The molecule has 0 aromatic heterocycles. The predicted molar refractivity (Wildman–Crippen MR) is 117 cm³/mol. The van der Waals surface area contributed by atoms with E-state index in [1.54, 1.807) is 0 Å². The molecule has 0 saturated heterocycles. The van der Waals surface area contributed by atoms with Crippen molar-refractivity contribution in [3.63, 3.8) is 0 Å². The van der Waals surface area contributed by atoms with E-state index in [1.807, 2.05) is 76.2 Å². The zero-order chi connectivity index (χ0) is 20.3. The van der Waals surface area contributed by atoms with Gasteiger partial charge in [0.25, 0.3) is 0 Å². The number of hydrogen-bond acceptors (Lipinski definition) is 4. The summed E-state index contributed by atoms with van der Waals surface area (Å²) in [6.07, 6.45) is 0. The first kappa shape index (κ1) is 18.5. The van der Waals surface area contributed by atoms with Crippen LogP contribution >= 0.6 is 0 Å². The van der Waals surface area contributed by atoms with Crippen molar-refractivity contribution in [2.45, 2.75) is 38.8 Å². The summed E-state index contributed by atoms with van der Waals surface area (Å²) in [6.45, 7) is 8.00. The highest BCUT2D eigenvalue weighted by Crippen LogP contribution is 2.55. The van der Waals surface area contributed by atoms with Gasteiger partial charge in [-0.05, 0) is 85.3 Å². The van der Waals surface area contributed by atoms with Crippen LogP contribution in [0.3, 0.4) is 0 Å². The highest BCUT2D eigenvalue weighted by atomic mass is 16.5. The smallest absolute Gasteiger partial charge is 0.0314 e. The number of nitrogens with two attached hydrogens (primary N) is 2. The molecule has 0 atom stereocenters. The molecule has 0 aliphatic carbocycles. The molecule has 1 aliphatic heterocycles. The molecule has 28 heavy (non-hydrogen) atoms. The van der Waals surface area contributed by atoms with Crippen LogP contribution in [0, 0.1) is 5.21 Å². The van der Waals surface area contributed by atoms with Crippen molar-refractivity contribution in [2.24, 2.45) is 0 Å².